The van der Waals surface area contributed by atoms with Gasteiger partial charge in [0.15, 0.2) is 0 Å². The maximum atomic E-state index is 11.0. The highest BCUT2D eigenvalue weighted by molar-refractivity contribution is 9.10. The Balaban J connectivity index is 1.90. The molecule has 1 heterocycles. The topological polar surface area (TPSA) is 85.1 Å². The van der Waals surface area contributed by atoms with Crippen molar-refractivity contribution in [1.82, 2.24) is 4.98 Å². The smallest absolute Gasteiger partial charge is 0.209 e. The summed E-state index contributed by atoms with van der Waals surface area (Å²) in [6.45, 7) is 0. The molecule has 2 atom stereocenters. The Morgan fingerprint density at radius 2 is 2.28 bits per heavy atom. The molecule has 0 radical (unpaired) electrons. The minimum Gasteiger partial charge on any atom is -0.367 e. The first kappa shape index (κ1) is 13.8. The second-order valence-corrected chi connectivity index (χ2v) is 7.28. The van der Waals surface area contributed by atoms with Gasteiger partial charge in [-0.2, -0.15) is 0 Å². The summed E-state index contributed by atoms with van der Waals surface area (Å²) in [5.74, 6) is 1.05. The van der Waals surface area contributed by atoms with E-state index >= 15 is 0 Å². The van der Waals surface area contributed by atoms with E-state index in [9.17, 15) is 8.42 Å². The molecule has 100 valence electrons. The minimum absolute atomic E-state index is 0.0804. The number of rotatable bonds is 4. The molecule has 0 bridgehead atoms. The van der Waals surface area contributed by atoms with E-state index in [4.69, 9.17) is 5.14 Å². The summed E-state index contributed by atoms with van der Waals surface area (Å²) in [6, 6.07) is 4.05. The van der Waals surface area contributed by atoms with E-state index in [1.54, 1.807) is 6.20 Å². The monoisotopic (exact) mass is 333 g/mol. The van der Waals surface area contributed by atoms with Gasteiger partial charge in [0, 0.05) is 16.7 Å². The molecular formula is C11H16BrN3O2S. The van der Waals surface area contributed by atoms with Crippen molar-refractivity contribution in [3.05, 3.63) is 22.8 Å². The second-order valence-electron chi connectivity index (χ2n) is 4.71. The molecule has 1 aromatic heterocycles. The fourth-order valence-electron chi connectivity index (χ4n) is 2.38. The Morgan fingerprint density at radius 1 is 1.50 bits per heavy atom. The molecule has 18 heavy (non-hydrogen) atoms. The molecule has 1 aliphatic carbocycles. The Kier molecular flexibility index (Phi) is 4.24. The fraction of sp³-hybridized carbons (Fsp3) is 0.545. The van der Waals surface area contributed by atoms with Crippen molar-refractivity contribution in [2.45, 2.75) is 25.3 Å². The quantitative estimate of drug-likeness (QED) is 0.878. The molecule has 0 unspecified atom stereocenters. The normalized spacial score (nSPS) is 24.1. The van der Waals surface area contributed by atoms with Crippen LogP contribution >= 0.6 is 15.9 Å². The zero-order valence-corrected chi connectivity index (χ0v) is 12.2. The third-order valence-electron chi connectivity index (χ3n) is 3.08. The van der Waals surface area contributed by atoms with Gasteiger partial charge in [-0.3, -0.25) is 0 Å². The summed E-state index contributed by atoms with van der Waals surface area (Å²) in [4.78, 5) is 4.22. The van der Waals surface area contributed by atoms with Crippen LogP contribution in [0.25, 0.3) is 0 Å². The van der Waals surface area contributed by atoms with Crippen molar-refractivity contribution >= 4 is 31.8 Å². The van der Waals surface area contributed by atoms with E-state index in [0.717, 1.165) is 29.6 Å². The first-order valence-corrected chi connectivity index (χ1v) is 8.32. The number of halogens is 1. The number of pyridine rings is 1. The average Bonchev–Trinajstić information content (AvgIpc) is 2.62. The van der Waals surface area contributed by atoms with Crippen LogP contribution in [0.4, 0.5) is 5.82 Å². The van der Waals surface area contributed by atoms with Crippen molar-refractivity contribution < 1.29 is 8.42 Å². The molecular weight excluding hydrogens is 318 g/mol. The third-order valence-corrected chi connectivity index (χ3v) is 4.51. The molecule has 0 amide bonds. The molecule has 1 aromatic rings. The number of nitrogens with two attached hydrogens (primary N) is 1. The van der Waals surface area contributed by atoms with Gasteiger partial charge in [0.1, 0.15) is 5.82 Å². The first-order valence-electron chi connectivity index (χ1n) is 5.81. The Hall–Kier alpha value is -0.660. The summed E-state index contributed by atoms with van der Waals surface area (Å²) in [5.41, 5.74) is 0. The zero-order chi connectivity index (χ0) is 13.2. The van der Waals surface area contributed by atoms with Gasteiger partial charge < -0.3 is 5.32 Å². The van der Waals surface area contributed by atoms with E-state index in [1.807, 2.05) is 12.1 Å². The van der Waals surface area contributed by atoms with Gasteiger partial charge in [-0.1, -0.05) is 15.9 Å². The van der Waals surface area contributed by atoms with Crippen molar-refractivity contribution in [1.29, 1.82) is 0 Å². The molecule has 1 fully saturated rings. The zero-order valence-electron chi connectivity index (χ0n) is 9.84. The lowest BCUT2D eigenvalue weighted by Gasteiger charge is -2.13. The van der Waals surface area contributed by atoms with Crippen LogP contribution in [0.2, 0.25) is 0 Å². The highest BCUT2D eigenvalue weighted by atomic mass is 79.9. The van der Waals surface area contributed by atoms with Crippen LogP contribution in [0.3, 0.4) is 0 Å². The van der Waals surface area contributed by atoms with Crippen molar-refractivity contribution in [2.75, 3.05) is 11.1 Å². The van der Waals surface area contributed by atoms with Gasteiger partial charge in [-0.15, -0.1) is 0 Å². The number of hydrogen-bond acceptors (Lipinski definition) is 4. The molecule has 0 spiro atoms. The maximum Gasteiger partial charge on any atom is 0.209 e. The van der Waals surface area contributed by atoms with Crippen molar-refractivity contribution in [3.8, 4) is 0 Å². The Labute approximate surface area is 115 Å². The van der Waals surface area contributed by atoms with Gasteiger partial charge in [-0.25, -0.2) is 18.5 Å². The average molecular weight is 334 g/mol. The minimum atomic E-state index is -3.36. The highest BCUT2D eigenvalue weighted by Gasteiger charge is 2.27. The van der Waals surface area contributed by atoms with Gasteiger partial charge >= 0.3 is 0 Å². The van der Waals surface area contributed by atoms with Crippen LogP contribution in [-0.4, -0.2) is 25.2 Å². The Bertz CT molecular complexity index is 521. The van der Waals surface area contributed by atoms with E-state index in [-0.39, 0.29) is 17.7 Å². The molecule has 0 saturated heterocycles. The van der Waals surface area contributed by atoms with Crippen LogP contribution in [0.1, 0.15) is 19.3 Å². The lowest BCUT2D eigenvalue weighted by atomic mass is 10.1. The Morgan fingerprint density at radius 3 is 2.94 bits per heavy atom. The van der Waals surface area contributed by atoms with Crippen molar-refractivity contribution in [2.24, 2.45) is 11.1 Å². The number of hydrogen-bond donors (Lipinski definition) is 2. The lowest BCUT2D eigenvalue weighted by molar-refractivity contribution is 0.557. The first-order chi connectivity index (χ1) is 8.42. The van der Waals surface area contributed by atoms with E-state index in [0.29, 0.717) is 0 Å². The maximum absolute atomic E-state index is 11.0. The van der Waals surface area contributed by atoms with E-state index in [1.165, 1.54) is 0 Å². The van der Waals surface area contributed by atoms with E-state index in [2.05, 4.69) is 26.2 Å². The molecule has 1 aliphatic rings. The third kappa shape index (κ3) is 4.22. The molecule has 1 saturated carbocycles. The number of primary sulfonamides is 1. The van der Waals surface area contributed by atoms with Crippen LogP contribution in [-0.2, 0) is 10.0 Å². The SMILES string of the molecule is NS(=O)(=O)C[C@@H]1CC[C@H](Nc2cc(Br)ccn2)C1. The van der Waals surface area contributed by atoms with Gasteiger partial charge in [0.2, 0.25) is 10.0 Å². The summed E-state index contributed by atoms with van der Waals surface area (Å²) in [7, 11) is -3.36. The van der Waals surface area contributed by atoms with Crippen LogP contribution < -0.4 is 10.5 Å². The summed E-state index contributed by atoms with van der Waals surface area (Å²) in [5, 5.41) is 8.39. The number of nitrogens with zero attached hydrogens (tertiary/aromatic N) is 1. The lowest BCUT2D eigenvalue weighted by Crippen LogP contribution is -2.23. The summed E-state index contributed by atoms with van der Waals surface area (Å²) in [6.07, 6.45) is 4.39. The number of aromatic nitrogens is 1. The van der Waals surface area contributed by atoms with Crippen LogP contribution in [0.15, 0.2) is 22.8 Å². The van der Waals surface area contributed by atoms with Gasteiger partial charge in [-0.05, 0) is 37.3 Å². The second kappa shape index (κ2) is 5.54. The van der Waals surface area contributed by atoms with Crippen LogP contribution in [0.5, 0.6) is 0 Å². The van der Waals surface area contributed by atoms with Crippen molar-refractivity contribution in [3.63, 3.8) is 0 Å². The molecule has 5 nitrogen and oxygen atoms in total. The highest BCUT2D eigenvalue weighted by Crippen LogP contribution is 2.28. The fourth-order valence-corrected chi connectivity index (χ4v) is 3.67. The number of nitrogens with one attached hydrogen (secondary N) is 1. The molecule has 3 N–H and O–H groups in total. The van der Waals surface area contributed by atoms with Crippen LogP contribution in [0, 0.1) is 5.92 Å². The van der Waals surface area contributed by atoms with E-state index < -0.39 is 10.0 Å². The predicted molar refractivity (Wildman–Crippen MR) is 74.7 cm³/mol. The molecule has 2 rings (SSSR count). The predicted octanol–water partition coefficient (Wildman–Crippen LogP) is 1.71. The largest absolute Gasteiger partial charge is 0.367 e. The molecule has 0 aromatic carbocycles. The standard InChI is InChI=1S/C11H16BrN3O2S/c12-9-3-4-14-11(6-9)15-10-2-1-8(5-10)7-18(13,16)17/h3-4,6,8,10H,1-2,5,7H2,(H,14,15)(H2,13,16,17)/t8-,10+/m1/s1. The van der Waals surface area contributed by atoms with Gasteiger partial charge in [0.25, 0.3) is 0 Å². The summed E-state index contributed by atoms with van der Waals surface area (Å²) >= 11 is 3.39. The number of anilines is 1. The number of sulfonamides is 1. The summed E-state index contributed by atoms with van der Waals surface area (Å²) < 4.78 is 23.0. The molecule has 0 aliphatic heterocycles. The molecule has 7 heteroatoms. The van der Waals surface area contributed by atoms with Gasteiger partial charge in [0.05, 0.1) is 5.75 Å².